The highest BCUT2D eigenvalue weighted by atomic mass is 35.5. The van der Waals surface area contributed by atoms with E-state index in [9.17, 15) is 0 Å². The van der Waals surface area contributed by atoms with Gasteiger partial charge in [0.05, 0.1) is 6.10 Å². The monoisotopic (exact) mass is 420 g/mol. The number of epoxide rings is 1. The Hall–Kier alpha value is 0.250. The van der Waals surface area contributed by atoms with E-state index in [4.69, 9.17) is 16.3 Å². The summed E-state index contributed by atoms with van der Waals surface area (Å²) in [5.74, 6) is 5.47. The molecule has 5 fully saturated rings. The Morgan fingerprint density at radius 3 is 2.52 bits per heavy atom. The zero-order valence-electron chi connectivity index (χ0n) is 19.7. The van der Waals surface area contributed by atoms with Gasteiger partial charge in [0.2, 0.25) is 0 Å². The number of fused-ring (bicyclic) bond motifs is 4. The zero-order valence-corrected chi connectivity index (χ0v) is 20.4. The van der Waals surface area contributed by atoms with Crippen LogP contribution in [0.3, 0.4) is 0 Å². The Balaban J connectivity index is 1.33. The maximum Gasteiger partial charge on any atom is 0.102 e. The smallest absolute Gasteiger partial charge is 0.102 e. The third-order valence-corrected chi connectivity index (χ3v) is 11.6. The van der Waals surface area contributed by atoms with E-state index in [2.05, 4.69) is 34.6 Å². The molecule has 166 valence electrons. The van der Waals surface area contributed by atoms with Crippen molar-refractivity contribution in [3.8, 4) is 0 Å². The van der Waals surface area contributed by atoms with Crippen molar-refractivity contribution < 1.29 is 4.74 Å². The van der Waals surface area contributed by atoms with Crippen LogP contribution in [0, 0.1) is 46.3 Å². The molecule has 0 bridgehead atoms. The Morgan fingerprint density at radius 2 is 1.76 bits per heavy atom. The largest absolute Gasteiger partial charge is 0.365 e. The fraction of sp³-hybridized carbons (Fsp3) is 1.00. The average Bonchev–Trinajstić information content (AvgIpc) is 3.22. The summed E-state index contributed by atoms with van der Waals surface area (Å²) >= 11 is 6.64. The molecular weight excluding hydrogens is 376 g/mol. The van der Waals surface area contributed by atoms with Crippen LogP contribution in [0.15, 0.2) is 0 Å². The molecule has 5 aliphatic rings. The van der Waals surface area contributed by atoms with Crippen LogP contribution in [0.5, 0.6) is 0 Å². The van der Waals surface area contributed by atoms with Crippen LogP contribution in [0.2, 0.25) is 0 Å². The zero-order chi connectivity index (χ0) is 20.6. The molecule has 0 aromatic rings. The summed E-state index contributed by atoms with van der Waals surface area (Å²) in [4.78, 5) is 0. The van der Waals surface area contributed by atoms with E-state index in [0.29, 0.717) is 22.3 Å². The van der Waals surface area contributed by atoms with Crippen LogP contribution in [0.4, 0.5) is 0 Å². The van der Waals surface area contributed by atoms with E-state index < -0.39 is 0 Å². The topological polar surface area (TPSA) is 12.5 Å². The maximum atomic E-state index is 6.64. The Bertz CT molecular complexity index is 632. The minimum absolute atomic E-state index is 0.161. The van der Waals surface area contributed by atoms with Gasteiger partial charge in [-0.15, -0.1) is 11.6 Å². The summed E-state index contributed by atoms with van der Waals surface area (Å²) in [7, 11) is 0. The molecule has 0 N–H and O–H groups in total. The lowest BCUT2D eigenvalue weighted by molar-refractivity contribution is -0.0996. The van der Waals surface area contributed by atoms with Crippen molar-refractivity contribution in [1.29, 1.82) is 0 Å². The van der Waals surface area contributed by atoms with E-state index in [1.807, 2.05) is 0 Å². The molecule has 4 aliphatic carbocycles. The summed E-state index contributed by atoms with van der Waals surface area (Å²) < 4.78 is 6.58. The van der Waals surface area contributed by atoms with Gasteiger partial charge in [-0.2, -0.15) is 0 Å². The van der Waals surface area contributed by atoms with Crippen LogP contribution in [-0.2, 0) is 4.74 Å². The van der Waals surface area contributed by atoms with Gasteiger partial charge >= 0.3 is 0 Å². The van der Waals surface area contributed by atoms with Crippen molar-refractivity contribution in [2.45, 2.75) is 122 Å². The number of ether oxygens (including phenoxy) is 1. The fourth-order valence-corrected chi connectivity index (χ4v) is 9.99. The predicted octanol–water partition coefficient (Wildman–Crippen LogP) is 7.85. The first-order valence-corrected chi connectivity index (χ1v) is 13.5. The molecule has 0 aromatic heterocycles. The standard InChI is InChI=1S/C27H45ClO/c1-17(2)7-6-8-18(3)21-9-10-22-20-15-24-27(29-24)16-19(28)11-14-26(27,5)23(20)12-13-25(21,22)4/h17-24H,6-16H2,1-5H3/t18-,19-,20+,21+,22-,23+,24+,25-,26-,27+/m1/s1. The van der Waals surface area contributed by atoms with Gasteiger partial charge in [-0.25, -0.2) is 0 Å². The molecule has 2 heteroatoms. The molecule has 4 saturated carbocycles. The highest BCUT2D eigenvalue weighted by molar-refractivity contribution is 6.20. The van der Waals surface area contributed by atoms with Gasteiger partial charge in [0.15, 0.2) is 0 Å². The summed E-state index contributed by atoms with van der Waals surface area (Å²) in [6.07, 6.45) is 15.7. The van der Waals surface area contributed by atoms with Crippen molar-refractivity contribution in [3.05, 3.63) is 0 Å². The van der Waals surface area contributed by atoms with Gasteiger partial charge in [-0.3, -0.25) is 0 Å². The molecule has 1 heterocycles. The molecule has 1 spiro atoms. The normalized spacial score (nSPS) is 54.3. The molecule has 0 radical (unpaired) electrons. The lowest BCUT2D eigenvalue weighted by Gasteiger charge is -2.59. The first kappa shape index (κ1) is 21.1. The summed E-state index contributed by atoms with van der Waals surface area (Å²) in [5, 5.41) is 0.348. The average molecular weight is 421 g/mol. The number of hydrogen-bond donors (Lipinski definition) is 0. The highest BCUT2D eigenvalue weighted by Gasteiger charge is 2.75. The van der Waals surface area contributed by atoms with Crippen molar-refractivity contribution in [3.63, 3.8) is 0 Å². The first-order chi connectivity index (χ1) is 13.7. The van der Waals surface area contributed by atoms with Crippen LogP contribution in [0.25, 0.3) is 0 Å². The Labute approximate surface area is 185 Å². The minimum Gasteiger partial charge on any atom is -0.365 e. The third-order valence-electron chi connectivity index (χ3n) is 11.2. The van der Waals surface area contributed by atoms with Gasteiger partial charge in [-0.1, -0.05) is 53.9 Å². The van der Waals surface area contributed by atoms with E-state index in [1.54, 1.807) is 0 Å². The van der Waals surface area contributed by atoms with E-state index in [-0.39, 0.29) is 5.60 Å². The SMILES string of the molecule is CC(C)CCC[C@@H](C)[C@@H]1CC[C@@H]2[C@@H]3C[C@@H]4O[C@@]45C[C@H](Cl)CC[C@]5(C)[C@H]3CC[C@@]21C. The Morgan fingerprint density at radius 1 is 0.966 bits per heavy atom. The van der Waals surface area contributed by atoms with Crippen molar-refractivity contribution in [2.24, 2.45) is 46.3 Å². The molecule has 1 nitrogen and oxygen atoms in total. The van der Waals surface area contributed by atoms with Crippen molar-refractivity contribution in [2.75, 3.05) is 0 Å². The fourth-order valence-electron chi connectivity index (χ4n) is 9.65. The van der Waals surface area contributed by atoms with E-state index in [0.717, 1.165) is 41.9 Å². The van der Waals surface area contributed by atoms with Crippen LogP contribution in [0.1, 0.15) is 105 Å². The molecule has 10 atom stereocenters. The second-order valence-corrected chi connectivity index (χ2v) is 13.5. The summed E-state index contributed by atoms with van der Waals surface area (Å²) in [6.45, 7) is 12.7. The number of alkyl halides is 1. The number of hydrogen-bond acceptors (Lipinski definition) is 1. The van der Waals surface area contributed by atoms with Gasteiger partial charge < -0.3 is 4.74 Å². The second kappa shape index (κ2) is 7.13. The Kier molecular flexibility index (Phi) is 5.19. The van der Waals surface area contributed by atoms with Crippen LogP contribution < -0.4 is 0 Å². The minimum atomic E-state index is 0.161. The lowest BCUT2D eigenvalue weighted by atomic mass is 9.44. The van der Waals surface area contributed by atoms with Crippen molar-refractivity contribution in [1.82, 2.24) is 0 Å². The van der Waals surface area contributed by atoms with Crippen LogP contribution in [-0.4, -0.2) is 17.1 Å². The highest BCUT2D eigenvalue weighted by Crippen LogP contribution is 2.74. The van der Waals surface area contributed by atoms with Crippen LogP contribution >= 0.6 is 11.6 Å². The van der Waals surface area contributed by atoms with Crippen molar-refractivity contribution >= 4 is 11.6 Å². The van der Waals surface area contributed by atoms with Gasteiger partial charge in [-0.05, 0) is 92.3 Å². The molecular formula is C27H45ClO. The van der Waals surface area contributed by atoms with E-state index in [1.165, 1.54) is 64.2 Å². The molecule has 5 rings (SSSR count). The maximum absolute atomic E-state index is 6.64. The first-order valence-electron chi connectivity index (χ1n) is 13.0. The molecule has 0 unspecified atom stereocenters. The van der Waals surface area contributed by atoms with Gasteiger partial charge in [0.25, 0.3) is 0 Å². The molecule has 0 aromatic carbocycles. The van der Waals surface area contributed by atoms with E-state index >= 15 is 0 Å². The second-order valence-electron chi connectivity index (χ2n) is 12.9. The molecule has 0 amide bonds. The molecule has 1 aliphatic heterocycles. The van der Waals surface area contributed by atoms with Gasteiger partial charge in [0.1, 0.15) is 5.60 Å². The summed E-state index contributed by atoms with van der Waals surface area (Å²) in [5.41, 5.74) is 1.15. The number of rotatable bonds is 5. The molecule has 1 saturated heterocycles. The summed E-state index contributed by atoms with van der Waals surface area (Å²) in [6, 6.07) is 0. The number of halogens is 1. The molecule has 29 heavy (non-hydrogen) atoms. The third kappa shape index (κ3) is 3.02. The van der Waals surface area contributed by atoms with Gasteiger partial charge in [0, 0.05) is 10.8 Å². The lowest BCUT2D eigenvalue weighted by Crippen LogP contribution is -2.58. The predicted molar refractivity (Wildman–Crippen MR) is 122 cm³/mol. The quantitative estimate of drug-likeness (QED) is 0.325.